The molecule has 7 heteroatoms. The molecule has 0 aliphatic rings. The van der Waals surface area contributed by atoms with Gasteiger partial charge in [0, 0.05) is 33.6 Å². The maximum Gasteiger partial charge on any atom is 0.242 e. The minimum atomic E-state index is -3.58. The monoisotopic (exact) mass is 299 g/mol. The Hall–Kier alpha value is -1.44. The number of hydrogen-bond donors (Lipinski definition) is 2. The zero-order chi connectivity index (χ0) is 15.3. The number of benzene rings is 1. The SMILES string of the molecule is CNC(=O)CCN(C)S(=O)(=O)c1ccc(CN)c(C)c1. The summed E-state index contributed by atoms with van der Waals surface area (Å²) in [6.45, 7) is 2.34. The van der Waals surface area contributed by atoms with E-state index in [4.69, 9.17) is 5.73 Å². The van der Waals surface area contributed by atoms with Gasteiger partial charge >= 0.3 is 0 Å². The number of aryl methyl sites for hydroxylation is 1. The minimum Gasteiger partial charge on any atom is -0.359 e. The Morgan fingerprint density at radius 3 is 2.55 bits per heavy atom. The van der Waals surface area contributed by atoms with E-state index in [1.165, 1.54) is 18.4 Å². The number of sulfonamides is 1. The number of nitrogens with one attached hydrogen (secondary N) is 1. The van der Waals surface area contributed by atoms with Gasteiger partial charge in [0.25, 0.3) is 0 Å². The number of nitrogens with zero attached hydrogens (tertiary/aromatic N) is 1. The van der Waals surface area contributed by atoms with Crippen LogP contribution in [0.15, 0.2) is 23.1 Å². The quantitative estimate of drug-likeness (QED) is 0.785. The molecule has 1 aromatic carbocycles. The van der Waals surface area contributed by atoms with Gasteiger partial charge in [0.2, 0.25) is 15.9 Å². The van der Waals surface area contributed by atoms with Gasteiger partial charge in [-0.3, -0.25) is 4.79 Å². The highest BCUT2D eigenvalue weighted by Crippen LogP contribution is 2.18. The predicted molar refractivity (Wildman–Crippen MR) is 77.6 cm³/mol. The van der Waals surface area contributed by atoms with Gasteiger partial charge in [-0.15, -0.1) is 0 Å². The van der Waals surface area contributed by atoms with Gasteiger partial charge in [0.05, 0.1) is 4.90 Å². The van der Waals surface area contributed by atoms with Gasteiger partial charge in [-0.25, -0.2) is 12.7 Å². The first-order chi connectivity index (χ1) is 9.32. The number of hydrogen-bond acceptors (Lipinski definition) is 4. The summed E-state index contributed by atoms with van der Waals surface area (Å²) in [5.74, 6) is -0.193. The summed E-state index contributed by atoms with van der Waals surface area (Å²) in [5.41, 5.74) is 7.32. The largest absolute Gasteiger partial charge is 0.359 e. The maximum atomic E-state index is 12.3. The van der Waals surface area contributed by atoms with E-state index in [0.29, 0.717) is 6.54 Å². The summed E-state index contributed by atoms with van der Waals surface area (Å²) in [5, 5.41) is 2.46. The van der Waals surface area contributed by atoms with E-state index in [1.807, 2.05) is 6.92 Å². The van der Waals surface area contributed by atoms with Crippen LogP contribution in [-0.4, -0.2) is 39.3 Å². The van der Waals surface area contributed by atoms with Crippen LogP contribution in [0.1, 0.15) is 17.5 Å². The van der Waals surface area contributed by atoms with Crippen LogP contribution in [-0.2, 0) is 21.4 Å². The molecule has 3 N–H and O–H groups in total. The van der Waals surface area contributed by atoms with Crippen LogP contribution in [0, 0.1) is 6.92 Å². The van der Waals surface area contributed by atoms with E-state index in [2.05, 4.69) is 5.32 Å². The Morgan fingerprint density at radius 2 is 2.05 bits per heavy atom. The lowest BCUT2D eigenvalue weighted by molar-refractivity contribution is -0.120. The third-order valence-electron chi connectivity index (χ3n) is 3.17. The van der Waals surface area contributed by atoms with Crippen molar-refractivity contribution in [1.82, 2.24) is 9.62 Å². The fourth-order valence-corrected chi connectivity index (χ4v) is 3.00. The van der Waals surface area contributed by atoms with Crippen LogP contribution < -0.4 is 11.1 Å². The molecule has 0 saturated carbocycles. The van der Waals surface area contributed by atoms with E-state index in [1.54, 1.807) is 18.2 Å². The normalized spacial score (nSPS) is 11.7. The molecule has 0 saturated heterocycles. The van der Waals surface area contributed by atoms with E-state index >= 15 is 0 Å². The predicted octanol–water partition coefficient (Wildman–Crippen LogP) is 0.210. The summed E-state index contributed by atoms with van der Waals surface area (Å²) in [6, 6.07) is 4.86. The summed E-state index contributed by atoms with van der Waals surface area (Å²) < 4.78 is 25.9. The first-order valence-corrected chi connectivity index (χ1v) is 7.73. The molecule has 20 heavy (non-hydrogen) atoms. The van der Waals surface area contributed by atoms with Crippen LogP contribution >= 0.6 is 0 Å². The molecule has 6 nitrogen and oxygen atoms in total. The second-order valence-electron chi connectivity index (χ2n) is 4.54. The molecule has 0 heterocycles. The van der Waals surface area contributed by atoms with Gasteiger partial charge in [0.1, 0.15) is 0 Å². The summed E-state index contributed by atoms with van der Waals surface area (Å²) in [7, 11) is -0.596. The van der Waals surface area contributed by atoms with Crippen molar-refractivity contribution in [2.45, 2.75) is 24.8 Å². The Labute approximate surface area is 120 Å². The van der Waals surface area contributed by atoms with E-state index in [0.717, 1.165) is 11.1 Å². The van der Waals surface area contributed by atoms with Crippen molar-refractivity contribution in [1.29, 1.82) is 0 Å². The lowest BCUT2D eigenvalue weighted by Gasteiger charge is -2.17. The second kappa shape index (κ2) is 6.83. The van der Waals surface area contributed by atoms with Gasteiger partial charge < -0.3 is 11.1 Å². The minimum absolute atomic E-state index is 0.131. The number of amides is 1. The van der Waals surface area contributed by atoms with Gasteiger partial charge in [-0.05, 0) is 30.2 Å². The molecule has 0 unspecified atom stereocenters. The summed E-state index contributed by atoms with van der Waals surface area (Å²) in [4.78, 5) is 11.4. The molecule has 1 rings (SSSR count). The fourth-order valence-electron chi connectivity index (χ4n) is 1.74. The standard InChI is InChI=1S/C13H21N3O3S/c1-10-8-12(5-4-11(10)9-14)20(18,19)16(3)7-6-13(17)15-2/h4-5,8H,6-7,9,14H2,1-3H3,(H,15,17). The van der Waals surface area contributed by atoms with Crippen molar-refractivity contribution >= 4 is 15.9 Å². The van der Waals surface area contributed by atoms with Crippen molar-refractivity contribution < 1.29 is 13.2 Å². The van der Waals surface area contributed by atoms with Crippen molar-refractivity contribution in [2.75, 3.05) is 20.6 Å². The van der Waals surface area contributed by atoms with Crippen molar-refractivity contribution in [3.63, 3.8) is 0 Å². The number of carbonyl (C=O) groups is 1. The van der Waals surface area contributed by atoms with Crippen LogP contribution in [0.25, 0.3) is 0 Å². The van der Waals surface area contributed by atoms with Crippen molar-refractivity contribution in [3.05, 3.63) is 29.3 Å². The third kappa shape index (κ3) is 3.78. The molecule has 0 atom stereocenters. The molecule has 0 aliphatic carbocycles. The highest BCUT2D eigenvalue weighted by Gasteiger charge is 2.21. The van der Waals surface area contributed by atoms with Crippen molar-refractivity contribution in [3.8, 4) is 0 Å². The van der Waals surface area contributed by atoms with Gasteiger partial charge in [0.15, 0.2) is 0 Å². The highest BCUT2D eigenvalue weighted by atomic mass is 32.2. The smallest absolute Gasteiger partial charge is 0.242 e. The van der Waals surface area contributed by atoms with Crippen LogP contribution in [0.2, 0.25) is 0 Å². The summed E-state index contributed by atoms with van der Waals surface area (Å²) in [6.07, 6.45) is 0.131. The van der Waals surface area contributed by atoms with Gasteiger partial charge in [-0.2, -0.15) is 0 Å². The maximum absolute atomic E-state index is 12.3. The highest BCUT2D eigenvalue weighted by molar-refractivity contribution is 7.89. The molecule has 0 fully saturated rings. The zero-order valence-electron chi connectivity index (χ0n) is 12.0. The van der Waals surface area contributed by atoms with Crippen LogP contribution in [0.5, 0.6) is 0 Å². The Kier molecular flexibility index (Phi) is 5.67. The Bertz CT molecular complexity index is 585. The number of carbonyl (C=O) groups excluding carboxylic acids is 1. The first kappa shape index (κ1) is 16.6. The van der Waals surface area contributed by atoms with E-state index < -0.39 is 10.0 Å². The topological polar surface area (TPSA) is 92.5 Å². The third-order valence-corrected chi connectivity index (χ3v) is 5.03. The number of nitrogens with two attached hydrogens (primary N) is 1. The zero-order valence-corrected chi connectivity index (χ0v) is 12.8. The molecule has 0 spiro atoms. The van der Waals surface area contributed by atoms with Crippen LogP contribution in [0.4, 0.5) is 0 Å². The first-order valence-electron chi connectivity index (χ1n) is 6.29. The molecule has 0 radical (unpaired) electrons. The average Bonchev–Trinajstić information content (AvgIpc) is 2.43. The van der Waals surface area contributed by atoms with E-state index in [-0.39, 0.29) is 23.8 Å². The molecular weight excluding hydrogens is 278 g/mol. The molecule has 1 amide bonds. The summed E-state index contributed by atoms with van der Waals surface area (Å²) >= 11 is 0. The van der Waals surface area contributed by atoms with E-state index in [9.17, 15) is 13.2 Å². The molecule has 1 aromatic rings. The molecule has 112 valence electrons. The Balaban J connectivity index is 2.92. The second-order valence-corrected chi connectivity index (χ2v) is 6.59. The van der Waals surface area contributed by atoms with Crippen molar-refractivity contribution in [2.24, 2.45) is 5.73 Å². The van der Waals surface area contributed by atoms with Crippen LogP contribution in [0.3, 0.4) is 0 Å². The molecule has 0 aliphatic heterocycles. The molecular formula is C13H21N3O3S. The lowest BCUT2D eigenvalue weighted by atomic mass is 10.1. The lowest BCUT2D eigenvalue weighted by Crippen LogP contribution is -2.31. The molecule has 0 bridgehead atoms. The fraction of sp³-hybridized carbons (Fsp3) is 0.462. The molecule has 0 aromatic heterocycles. The Morgan fingerprint density at radius 1 is 1.40 bits per heavy atom. The van der Waals surface area contributed by atoms with Gasteiger partial charge in [-0.1, -0.05) is 6.07 Å². The average molecular weight is 299 g/mol. The number of rotatable bonds is 6.